The van der Waals surface area contributed by atoms with Crippen molar-refractivity contribution in [3.05, 3.63) is 36.8 Å². The third-order valence-corrected chi connectivity index (χ3v) is 4.25. The van der Waals surface area contributed by atoms with E-state index in [-0.39, 0.29) is 11.9 Å². The number of carbonyl (C=O) groups is 2. The number of piperazine rings is 1. The summed E-state index contributed by atoms with van der Waals surface area (Å²) in [5.41, 5.74) is 0.600. The molecule has 0 spiro atoms. The molecule has 2 N–H and O–H groups in total. The van der Waals surface area contributed by atoms with Crippen molar-refractivity contribution in [3.63, 3.8) is 0 Å². The highest BCUT2D eigenvalue weighted by molar-refractivity contribution is 5.96. The molecule has 3 amide bonds. The molecule has 3 rings (SSSR count). The van der Waals surface area contributed by atoms with E-state index >= 15 is 0 Å². The summed E-state index contributed by atoms with van der Waals surface area (Å²) in [4.78, 5) is 32.8. The number of nitrogens with zero attached hydrogens (tertiary/aromatic N) is 5. The summed E-state index contributed by atoms with van der Waals surface area (Å²) < 4.78 is 1.60. The number of aromatic nitrogens is 3. The average molecular weight is 357 g/mol. The van der Waals surface area contributed by atoms with Crippen molar-refractivity contribution in [1.29, 1.82) is 0 Å². The molecule has 138 valence electrons. The molecule has 9 heteroatoms. The van der Waals surface area contributed by atoms with Gasteiger partial charge < -0.3 is 20.4 Å². The fourth-order valence-corrected chi connectivity index (χ4v) is 2.76. The molecule has 1 atom stereocenters. The van der Waals surface area contributed by atoms with Crippen molar-refractivity contribution >= 4 is 23.4 Å². The summed E-state index contributed by atoms with van der Waals surface area (Å²) >= 11 is 0. The molecule has 1 aliphatic heterocycles. The first-order valence-corrected chi connectivity index (χ1v) is 8.54. The van der Waals surface area contributed by atoms with Crippen LogP contribution in [-0.4, -0.2) is 63.8 Å². The second-order valence-corrected chi connectivity index (χ2v) is 6.23. The van der Waals surface area contributed by atoms with Gasteiger partial charge in [-0.2, -0.15) is 5.10 Å². The van der Waals surface area contributed by atoms with Crippen molar-refractivity contribution < 1.29 is 9.59 Å². The number of aryl methyl sites for hydroxylation is 1. The fourth-order valence-electron chi connectivity index (χ4n) is 2.76. The summed E-state index contributed by atoms with van der Waals surface area (Å²) in [5.74, 6) is 0.634. The molecule has 0 aromatic carbocycles. The zero-order valence-corrected chi connectivity index (χ0v) is 14.9. The molecule has 0 radical (unpaired) electrons. The van der Waals surface area contributed by atoms with Gasteiger partial charge in [-0.3, -0.25) is 9.48 Å². The maximum atomic E-state index is 12.4. The molecule has 2 aromatic heterocycles. The number of carbonyl (C=O) groups excluding carboxylic acids is 2. The van der Waals surface area contributed by atoms with E-state index in [1.807, 2.05) is 18.2 Å². The lowest BCUT2D eigenvalue weighted by atomic mass is 10.3. The van der Waals surface area contributed by atoms with Gasteiger partial charge >= 0.3 is 6.03 Å². The van der Waals surface area contributed by atoms with Gasteiger partial charge in [0.2, 0.25) is 5.91 Å². The Kier molecular flexibility index (Phi) is 5.35. The Morgan fingerprint density at radius 3 is 2.58 bits per heavy atom. The van der Waals surface area contributed by atoms with Gasteiger partial charge in [0, 0.05) is 45.6 Å². The van der Waals surface area contributed by atoms with Crippen LogP contribution in [0, 0.1) is 0 Å². The van der Waals surface area contributed by atoms with E-state index in [9.17, 15) is 9.59 Å². The zero-order valence-electron chi connectivity index (χ0n) is 14.9. The highest BCUT2D eigenvalue weighted by Gasteiger charge is 2.24. The number of hydrogen-bond acceptors (Lipinski definition) is 5. The van der Waals surface area contributed by atoms with Crippen LogP contribution in [0.4, 0.5) is 16.3 Å². The summed E-state index contributed by atoms with van der Waals surface area (Å²) in [7, 11) is 1.77. The van der Waals surface area contributed by atoms with Gasteiger partial charge in [0.25, 0.3) is 0 Å². The maximum Gasteiger partial charge on any atom is 0.318 e. The van der Waals surface area contributed by atoms with Crippen LogP contribution in [0.2, 0.25) is 0 Å². The second kappa shape index (κ2) is 7.85. The Hall–Kier alpha value is -3.10. The second-order valence-electron chi connectivity index (χ2n) is 6.23. The third kappa shape index (κ3) is 4.29. The smallest absolute Gasteiger partial charge is 0.318 e. The molecule has 2 aromatic rings. The highest BCUT2D eigenvalue weighted by atomic mass is 16.2. The molecule has 0 saturated carbocycles. The summed E-state index contributed by atoms with van der Waals surface area (Å²) in [6, 6.07) is 4.91. The quantitative estimate of drug-likeness (QED) is 0.839. The third-order valence-electron chi connectivity index (χ3n) is 4.25. The molecule has 0 aliphatic carbocycles. The molecule has 3 heterocycles. The van der Waals surface area contributed by atoms with E-state index in [1.54, 1.807) is 42.1 Å². The topological polar surface area (TPSA) is 95.4 Å². The van der Waals surface area contributed by atoms with Crippen molar-refractivity contribution in [1.82, 2.24) is 25.0 Å². The lowest BCUT2D eigenvalue weighted by molar-refractivity contribution is -0.117. The van der Waals surface area contributed by atoms with Crippen LogP contribution in [0.15, 0.2) is 36.8 Å². The van der Waals surface area contributed by atoms with E-state index < -0.39 is 6.04 Å². The summed E-state index contributed by atoms with van der Waals surface area (Å²) in [6.45, 7) is 4.24. The van der Waals surface area contributed by atoms with Crippen LogP contribution in [0.1, 0.15) is 6.92 Å². The Bertz CT molecular complexity index is 753. The number of pyridine rings is 1. The van der Waals surface area contributed by atoms with Gasteiger partial charge in [0.1, 0.15) is 11.9 Å². The summed E-state index contributed by atoms with van der Waals surface area (Å²) in [5, 5.41) is 9.46. The normalized spacial score (nSPS) is 15.5. The number of anilines is 2. The average Bonchev–Trinajstić information content (AvgIpc) is 3.07. The molecule has 1 saturated heterocycles. The van der Waals surface area contributed by atoms with Crippen LogP contribution in [0.5, 0.6) is 0 Å². The van der Waals surface area contributed by atoms with Gasteiger partial charge in [-0.05, 0) is 19.1 Å². The number of hydrogen-bond donors (Lipinski definition) is 2. The van der Waals surface area contributed by atoms with Crippen LogP contribution in [0.25, 0.3) is 0 Å². The Balaban J connectivity index is 1.47. The Morgan fingerprint density at radius 2 is 1.96 bits per heavy atom. The van der Waals surface area contributed by atoms with Crippen LogP contribution in [0.3, 0.4) is 0 Å². The first kappa shape index (κ1) is 17.7. The zero-order chi connectivity index (χ0) is 18.5. The van der Waals surface area contributed by atoms with Gasteiger partial charge in [0.15, 0.2) is 0 Å². The van der Waals surface area contributed by atoms with E-state index in [1.165, 1.54) is 0 Å². The minimum absolute atomic E-state index is 0.237. The monoisotopic (exact) mass is 357 g/mol. The summed E-state index contributed by atoms with van der Waals surface area (Å²) in [6.07, 6.45) is 5.02. The van der Waals surface area contributed by atoms with Crippen molar-refractivity contribution in [3.8, 4) is 0 Å². The molecular weight excluding hydrogens is 334 g/mol. The number of amides is 3. The van der Waals surface area contributed by atoms with E-state index in [4.69, 9.17) is 0 Å². The largest absolute Gasteiger partial charge is 0.353 e. The molecule has 0 bridgehead atoms. The van der Waals surface area contributed by atoms with Gasteiger partial charge in [-0.25, -0.2) is 9.78 Å². The van der Waals surface area contributed by atoms with Gasteiger partial charge in [-0.15, -0.1) is 0 Å². The standard InChI is InChI=1S/C17H23N7O2/c1-13(16(25)21-14-11-19-22(2)12-14)20-17(26)24-9-7-23(8-10-24)15-5-3-4-6-18-15/h3-6,11-13H,7-10H2,1-2H3,(H,20,26)(H,21,25)/t13-/m0/s1. The van der Waals surface area contributed by atoms with Crippen molar-refractivity contribution in [2.24, 2.45) is 7.05 Å². The van der Waals surface area contributed by atoms with Crippen LogP contribution in [-0.2, 0) is 11.8 Å². The first-order valence-electron chi connectivity index (χ1n) is 8.54. The fraction of sp³-hybridized carbons (Fsp3) is 0.412. The molecule has 26 heavy (non-hydrogen) atoms. The van der Waals surface area contributed by atoms with Crippen molar-refractivity contribution in [2.45, 2.75) is 13.0 Å². The van der Waals surface area contributed by atoms with Gasteiger partial charge in [-0.1, -0.05) is 6.07 Å². The molecular formula is C17H23N7O2. The molecule has 0 unspecified atom stereocenters. The number of urea groups is 1. The lowest BCUT2D eigenvalue weighted by Gasteiger charge is -2.35. The van der Waals surface area contributed by atoms with E-state index in [0.29, 0.717) is 31.9 Å². The Morgan fingerprint density at radius 1 is 1.19 bits per heavy atom. The maximum absolute atomic E-state index is 12.4. The lowest BCUT2D eigenvalue weighted by Crippen LogP contribution is -2.54. The SMILES string of the molecule is C[C@H](NC(=O)N1CCN(c2ccccn2)CC1)C(=O)Nc1cnn(C)c1. The minimum Gasteiger partial charge on any atom is -0.353 e. The first-order chi connectivity index (χ1) is 12.5. The minimum atomic E-state index is -0.642. The van der Waals surface area contributed by atoms with E-state index in [2.05, 4.69) is 25.6 Å². The molecule has 1 fully saturated rings. The Labute approximate surface area is 152 Å². The predicted octanol–water partition coefficient (Wildman–Crippen LogP) is 0.674. The number of nitrogens with one attached hydrogen (secondary N) is 2. The van der Waals surface area contributed by atoms with Crippen LogP contribution < -0.4 is 15.5 Å². The number of rotatable bonds is 4. The molecule has 9 nitrogen and oxygen atoms in total. The predicted molar refractivity (Wildman–Crippen MR) is 97.9 cm³/mol. The molecule has 1 aliphatic rings. The van der Waals surface area contributed by atoms with Crippen molar-refractivity contribution in [2.75, 3.05) is 36.4 Å². The van der Waals surface area contributed by atoms with Gasteiger partial charge in [0.05, 0.1) is 11.9 Å². The van der Waals surface area contributed by atoms with Crippen LogP contribution >= 0.6 is 0 Å². The highest BCUT2D eigenvalue weighted by Crippen LogP contribution is 2.12. The van der Waals surface area contributed by atoms with E-state index in [0.717, 1.165) is 5.82 Å².